The fourth-order valence-electron chi connectivity index (χ4n) is 3.58. The summed E-state index contributed by atoms with van der Waals surface area (Å²) in [4.78, 5) is 30.9. The summed E-state index contributed by atoms with van der Waals surface area (Å²) >= 11 is 6.02. The highest BCUT2D eigenvalue weighted by Crippen LogP contribution is 2.28. The Morgan fingerprint density at radius 3 is 2.38 bits per heavy atom. The molecule has 0 aliphatic carbocycles. The Hall–Kier alpha value is -3.50. The van der Waals surface area contributed by atoms with E-state index in [2.05, 4.69) is 0 Å². The van der Waals surface area contributed by atoms with E-state index in [9.17, 15) is 9.59 Å². The number of ether oxygens (including phenoxy) is 1. The van der Waals surface area contributed by atoms with Crippen LogP contribution in [-0.2, 0) is 4.74 Å². The zero-order valence-corrected chi connectivity index (χ0v) is 18.6. The Labute approximate surface area is 191 Å². The van der Waals surface area contributed by atoms with Gasteiger partial charge in [-0.05, 0) is 43.7 Å². The van der Waals surface area contributed by atoms with Crippen LogP contribution in [-0.4, -0.2) is 22.8 Å². The van der Waals surface area contributed by atoms with Gasteiger partial charge in [0.25, 0.3) is 0 Å². The van der Waals surface area contributed by atoms with Crippen LogP contribution in [0.3, 0.4) is 0 Å². The fourth-order valence-corrected chi connectivity index (χ4v) is 3.71. The summed E-state index contributed by atoms with van der Waals surface area (Å²) in [5, 5.41) is 1.31. The van der Waals surface area contributed by atoms with Gasteiger partial charge in [0, 0.05) is 21.5 Å². The van der Waals surface area contributed by atoms with Crippen molar-refractivity contribution in [2.24, 2.45) is 0 Å². The van der Waals surface area contributed by atoms with E-state index in [-0.39, 0.29) is 5.78 Å². The lowest BCUT2D eigenvalue weighted by atomic mass is 10.0. The second kappa shape index (κ2) is 9.33. The monoisotopic (exact) mass is 443 g/mol. The number of ketones is 1. The van der Waals surface area contributed by atoms with Gasteiger partial charge < -0.3 is 4.74 Å². The summed E-state index contributed by atoms with van der Waals surface area (Å²) in [6.45, 7) is 3.78. The number of hydrogen-bond acceptors (Lipinski definition) is 4. The number of esters is 1. The topological polar surface area (TPSA) is 56.3 Å². The van der Waals surface area contributed by atoms with E-state index in [0.29, 0.717) is 39.2 Å². The molecule has 0 spiro atoms. The average molecular weight is 444 g/mol. The molecule has 4 aromatic rings. The number of hydrogen-bond donors (Lipinski definition) is 0. The van der Waals surface area contributed by atoms with Crippen molar-refractivity contribution < 1.29 is 14.3 Å². The summed E-state index contributed by atoms with van der Waals surface area (Å²) < 4.78 is 5.72. The third kappa shape index (κ3) is 4.56. The molecular weight excluding hydrogens is 422 g/mol. The SMILES string of the molecule is CCC(OC(=O)c1cc(-c2ccc(Cl)cc2)nc2ccc(C)cc12)C(=O)c1ccccc1. The first-order valence-corrected chi connectivity index (χ1v) is 10.8. The number of aryl methyl sites for hydroxylation is 1. The minimum absolute atomic E-state index is 0.214. The maximum Gasteiger partial charge on any atom is 0.339 e. The number of carbonyl (C=O) groups excluding carboxylic acids is 2. The van der Waals surface area contributed by atoms with Crippen LogP contribution >= 0.6 is 11.6 Å². The number of pyridine rings is 1. The third-order valence-corrected chi connectivity index (χ3v) is 5.55. The van der Waals surface area contributed by atoms with Gasteiger partial charge >= 0.3 is 5.97 Å². The summed E-state index contributed by atoms with van der Waals surface area (Å²) in [5.41, 5.74) is 4.04. The van der Waals surface area contributed by atoms with Crippen molar-refractivity contribution in [2.45, 2.75) is 26.4 Å². The van der Waals surface area contributed by atoms with E-state index in [1.54, 1.807) is 42.5 Å². The second-order valence-electron chi connectivity index (χ2n) is 7.62. The number of nitrogens with zero attached hydrogens (tertiary/aromatic N) is 1. The van der Waals surface area contributed by atoms with Crippen molar-refractivity contribution in [3.05, 3.63) is 101 Å². The number of carbonyl (C=O) groups is 2. The summed E-state index contributed by atoms with van der Waals surface area (Å²) in [6.07, 6.45) is -0.483. The lowest BCUT2D eigenvalue weighted by Gasteiger charge is -2.17. The Balaban J connectivity index is 1.74. The Morgan fingerprint density at radius 1 is 0.969 bits per heavy atom. The zero-order chi connectivity index (χ0) is 22.7. The first-order valence-electron chi connectivity index (χ1n) is 10.4. The molecule has 0 N–H and O–H groups in total. The molecule has 1 atom stereocenters. The van der Waals surface area contributed by atoms with Crippen molar-refractivity contribution in [2.75, 3.05) is 0 Å². The fraction of sp³-hybridized carbons (Fsp3) is 0.148. The van der Waals surface area contributed by atoms with Crippen LogP contribution in [0.2, 0.25) is 5.02 Å². The van der Waals surface area contributed by atoms with Gasteiger partial charge in [-0.1, -0.05) is 72.6 Å². The van der Waals surface area contributed by atoms with E-state index in [0.717, 1.165) is 11.1 Å². The van der Waals surface area contributed by atoms with Gasteiger partial charge in [-0.3, -0.25) is 4.79 Å². The van der Waals surface area contributed by atoms with E-state index >= 15 is 0 Å². The molecule has 3 aromatic carbocycles. The lowest BCUT2D eigenvalue weighted by Crippen LogP contribution is -2.27. The molecule has 1 heterocycles. The molecular formula is C27H22ClNO3. The van der Waals surface area contributed by atoms with Crippen LogP contribution < -0.4 is 0 Å². The molecule has 0 fully saturated rings. The van der Waals surface area contributed by atoms with Gasteiger partial charge in [0.2, 0.25) is 5.78 Å². The van der Waals surface area contributed by atoms with Gasteiger partial charge in [-0.15, -0.1) is 0 Å². The van der Waals surface area contributed by atoms with E-state index in [1.807, 2.05) is 50.2 Å². The molecule has 1 unspecified atom stereocenters. The molecule has 0 aliphatic rings. The predicted octanol–water partition coefficient (Wildman–Crippen LogP) is 6.68. The van der Waals surface area contributed by atoms with Gasteiger partial charge in [-0.25, -0.2) is 9.78 Å². The third-order valence-electron chi connectivity index (χ3n) is 5.29. The highest BCUT2D eigenvalue weighted by Gasteiger charge is 2.25. The molecule has 0 bridgehead atoms. The van der Waals surface area contributed by atoms with Gasteiger partial charge in [0.15, 0.2) is 6.10 Å². The van der Waals surface area contributed by atoms with Crippen molar-refractivity contribution in [1.82, 2.24) is 4.98 Å². The van der Waals surface area contributed by atoms with Crippen molar-refractivity contribution in [3.8, 4) is 11.3 Å². The lowest BCUT2D eigenvalue weighted by molar-refractivity contribution is 0.0279. The molecule has 0 radical (unpaired) electrons. The molecule has 5 heteroatoms. The van der Waals surface area contributed by atoms with Crippen molar-refractivity contribution in [3.63, 3.8) is 0 Å². The molecule has 0 amide bonds. The average Bonchev–Trinajstić information content (AvgIpc) is 2.82. The number of aromatic nitrogens is 1. The Bertz CT molecular complexity index is 1280. The quantitative estimate of drug-likeness (QED) is 0.246. The van der Waals surface area contributed by atoms with Gasteiger partial charge in [0.05, 0.1) is 16.8 Å². The maximum absolute atomic E-state index is 13.3. The molecule has 0 saturated carbocycles. The number of halogens is 1. The van der Waals surface area contributed by atoms with Crippen molar-refractivity contribution >= 4 is 34.3 Å². The van der Waals surface area contributed by atoms with Crippen LogP contribution in [0, 0.1) is 6.92 Å². The van der Waals surface area contributed by atoms with Gasteiger partial charge in [0.1, 0.15) is 0 Å². The number of rotatable bonds is 6. The molecule has 160 valence electrons. The van der Waals surface area contributed by atoms with Crippen LogP contribution in [0.15, 0.2) is 78.9 Å². The normalized spacial score (nSPS) is 11.8. The van der Waals surface area contributed by atoms with Gasteiger partial charge in [-0.2, -0.15) is 0 Å². The smallest absolute Gasteiger partial charge is 0.339 e. The standard InChI is InChI=1S/C27H22ClNO3/c1-3-25(26(30)19-7-5-4-6-8-19)32-27(31)22-16-24(18-10-12-20(28)13-11-18)29-23-14-9-17(2)15-21(22)23/h4-16,25H,3H2,1-2H3. The molecule has 4 nitrogen and oxygen atoms in total. The molecule has 1 aromatic heterocycles. The minimum atomic E-state index is -0.864. The summed E-state index contributed by atoms with van der Waals surface area (Å²) in [6, 6.07) is 23.6. The van der Waals surface area contributed by atoms with E-state index < -0.39 is 12.1 Å². The Kier molecular flexibility index (Phi) is 6.33. The number of fused-ring (bicyclic) bond motifs is 1. The van der Waals surface area contributed by atoms with Crippen molar-refractivity contribution in [1.29, 1.82) is 0 Å². The van der Waals surface area contributed by atoms with E-state index in [1.165, 1.54) is 0 Å². The first-order chi connectivity index (χ1) is 15.5. The zero-order valence-electron chi connectivity index (χ0n) is 17.8. The minimum Gasteiger partial charge on any atom is -0.450 e. The summed E-state index contributed by atoms with van der Waals surface area (Å²) in [5.74, 6) is -0.761. The maximum atomic E-state index is 13.3. The van der Waals surface area contributed by atoms with Crippen LogP contribution in [0.5, 0.6) is 0 Å². The van der Waals surface area contributed by atoms with Crippen LogP contribution in [0.25, 0.3) is 22.2 Å². The second-order valence-corrected chi connectivity index (χ2v) is 8.05. The predicted molar refractivity (Wildman–Crippen MR) is 127 cm³/mol. The molecule has 0 aliphatic heterocycles. The Morgan fingerprint density at radius 2 is 1.69 bits per heavy atom. The summed E-state index contributed by atoms with van der Waals surface area (Å²) in [7, 11) is 0. The molecule has 0 saturated heterocycles. The van der Waals surface area contributed by atoms with Crippen LogP contribution in [0.1, 0.15) is 39.6 Å². The highest BCUT2D eigenvalue weighted by atomic mass is 35.5. The molecule has 4 rings (SSSR count). The largest absolute Gasteiger partial charge is 0.450 e. The van der Waals surface area contributed by atoms with E-state index in [4.69, 9.17) is 21.3 Å². The van der Waals surface area contributed by atoms with Crippen LogP contribution in [0.4, 0.5) is 0 Å². The number of benzene rings is 3. The highest BCUT2D eigenvalue weighted by molar-refractivity contribution is 6.30. The first kappa shape index (κ1) is 21.7. The molecule has 32 heavy (non-hydrogen) atoms. The number of Topliss-reactive ketones (excluding diaryl/α,β-unsaturated/α-hetero) is 1.